The van der Waals surface area contributed by atoms with E-state index in [1.807, 2.05) is 19.9 Å². The molecule has 0 aliphatic heterocycles. The van der Waals surface area contributed by atoms with Gasteiger partial charge < -0.3 is 9.15 Å². The largest absolute Gasteiger partial charge is 0.494 e. The highest BCUT2D eigenvalue weighted by Gasteiger charge is 2.04. The fourth-order valence-electron chi connectivity index (χ4n) is 1.61. The molecule has 5 nitrogen and oxygen atoms in total. The fourth-order valence-corrected chi connectivity index (χ4v) is 1.61. The maximum absolute atomic E-state index is 11.8. The van der Waals surface area contributed by atoms with E-state index in [4.69, 9.17) is 9.15 Å². The van der Waals surface area contributed by atoms with Gasteiger partial charge in [-0.1, -0.05) is 0 Å². The lowest BCUT2D eigenvalue weighted by Gasteiger charge is -2.03. The van der Waals surface area contributed by atoms with Gasteiger partial charge in [0.15, 0.2) is 0 Å². The summed E-state index contributed by atoms with van der Waals surface area (Å²) in [4.78, 5) is 11.8. The molecule has 2 rings (SSSR count). The standard InChI is InChI=1S/C15H16N2O3/c1-3-19-13-8-5-12(6-9-13)15(18)17-16-10-14-7-4-11(2)20-14/h4-10H,3H2,1-2H3,(H,17,18). The van der Waals surface area contributed by atoms with Gasteiger partial charge in [-0.15, -0.1) is 0 Å². The SMILES string of the molecule is CCOc1ccc(C(=O)NN=Cc2ccc(C)o2)cc1. The second kappa shape index (κ2) is 6.56. The van der Waals surface area contributed by atoms with Crippen molar-refractivity contribution in [3.8, 4) is 5.75 Å². The van der Waals surface area contributed by atoms with Gasteiger partial charge in [-0.3, -0.25) is 4.79 Å². The van der Waals surface area contributed by atoms with Crippen LogP contribution < -0.4 is 10.2 Å². The summed E-state index contributed by atoms with van der Waals surface area (Å²) < 4.78 is 10.6. The molecule has 0 aliphatic carbocycles. The van der Waals surface area contributed by atoms with E-state index in [1.54, 1.807) is 30.3 Å². The lowest BCUT2D eigenvalue weighted by molar-refractivity contribution is 0.0955. The van der Waals surface area contributed by atoms with Crippen LogP contribution in [0.5, 0.6) is 5.75 Å². The van der Waals surface area contributed by atoms with Gasteiger partial charge >= 0.3 is 0 Å². The molecule has 104 valence electrons. The lowest BCUT2D eigenvalue weighted by atomic mass is 10.2. The molecule has 1 N–H and O–H groups in total. The highest BCUT2D eigenvalue weighted by Crippen LogP contribution is 2.11. The Morgan fingerprint density at radius 1 is 1.30 bits per heavy atom. The van der Waals surface area contributed by atoms with Gasteiger partial charge in [0, 0.05) is 5.56 Å². The van der Waals surface area contributed by atoms with Crippen LogP contribution in [0.2, 0.25) is 0 Å². The third-order valence-electron chi connectivity index (χ3n) is 2.55. The van der Waals surface area contributed by atoms with Crippen molar-refractivity contribution in [3.05, 3.63) is 53.5 Å². The molecule has 5 heteroatoms. The van der Waals surface area contributed by atoms with E-state index in [-0.39, 0.29) is 5.91 Å². The van der Waals surface area contributed by atoms with Crippen molar-refractivity contribution in [2.75, 3.05) is 6.61 Å². The Hall–Kier alpha value is -2.56. The first-order valence-corrected chi connectivity index (χ1v) is 6.31. The highest BCUT2D eigenvalue weighted by atomic mass is 16.5. The molecule has 0 unspecified atom stereocenters. The molecule has 1 heterocycles. The van der Waals surface area contributed by atoms with Gasteiger partial charge in [-0.25, -0.2) is 5.43 Å². The Morgan fingerprint density at radius 3 is 2.65 bits per heavy atom. The molecular weight excluding hydrogens is 256 g/mol. The van der Waals surface area contributed by atoms with Crippen LogP contribution in [0, 0.1) is 6.92 Å². The van der Waals surface area contributed by atoms with Crippen molar-refractivity contribution in [3.63, 3.8) is 0 Å². The van der Waals surface area contributed by atoms with Crippen molar-refractivity contribution >= 4 is 12.1 Å². The molecule has 0 bridgehead atoms. The van der Waals surface area contributed by atoms with Gasteiger partial charge in [0.05, 0.1) is 12.8 Å². The number of nitrogens with one attached hydrogen (secondary N) is 1. The number of benzene rings is 1. The van der Waals surface area contributed by atoms with E-state index in [0.717, 1.165) is 11.5 Å². The maximum atomic E-state index is 11.8. The van der Waals surface area contributed by atoms with Gasteiger partial charge in [-0.05, 0) is 50.2 Å². The summed E-state index contributed by atoms with van der Waals surface area (Å²) >= 11 is 0. The minimum Gasteiger partial charge on any atom is -0.494 e. The van der Waals surface area contributed by atoms with Crippen molar-refractivity contribution in [1.82, 2.24) is 5.43 Å². The van der Waals surface area contributed by atoms with E-state index < -0.39 is 0 Å². The topological polar surface area (TPSA) is 63.8 Å². The van der Waals surface area contributed by atoms with Gasteiger partial charge in [-0.2, -0.15) is 5.10 Å². The van der Waals surface area contributed by atoms with Crippen LogP contribution in [0.1, 0.15) is 28.8 Å². The number of nitrogens with zero attached hydrogens (tertiary/aromatic N) is 1. The van der Waals surface area contributed by atoms with E-state index >= 15 is 0 Å². The lowest BCUT2D eigenvalue weighted by Crippen LogP contribution is -2.17. The zero-order valence-electron chi connectivity index (χ0n) is 11.4. The van der Waals surface area contributed by atoms with E-state index in [9.17, 15) is 4.79 Å². The summed E-state index contributed by atoms with van der Waals surface area (Å²) in [6.07, 6.45) is 1.46. The first kappa shape index (κ1) is 13.9. The predicted molar refractivity (Wildman–Crippen MR) is 76.1 cm³/mol. The van der Waals surface area contributed by atoms with E-state index in [0.29, 0.717) is 17.9 Å². The highest BCUT2D eigenvalue weighted by molar-refractivity contribution is 5.94. The number of carbonyl (C=O) groups excluding carboxylic acids is 1. The van der Waals surface area contributed by atoms with E-state index in [2.05, 4.69) is 10.5 Å². The molecule has 0 atom stereocenters. The van der Waals surface area contributed by atoms with Crippen LogP contribution in [0.4, 0.5) is 0 Å². The second-order valence-electron chi connectivity index (χ2n) is 4.10. The zero-order chi connectivity index (χ0) is 14.4. The Bertz CT molecular complexity index is 600. The molecule has 0 radical (unpaired) electrons. The monoisotopic (exact) mass is 272 g/mol. The number of amides is 1. The van der Waals surface area contributed by atoms with Crippen LogP contribution in [0.3, 0.4) is 0 Å². The number of hydrogen-bond donors (Lipinski definition) is 1. The average molecular weight is 272 g/mol. The Balaban J connectivity index is 1.92. The second-order valence-corrected chi connectivity index (χ2v) is 4.10. The smallest absolute Gasteiger partial charge is 0.271 e. The quantitative estimate of drug-likeness (QED) is 0.672. The van der Waals surface area contributed by atoms with Gasteiger partial charge in [0.1, 0.15) is 17.3 Å². The molecule has 1 amide bonds. The van der Waals surface area contributed by atoms with Crippen molar-refractivity contribution in [2.24, 2.45) is 5.10 Å². The predicted octanol–water partition coefficient (Wildman–Crippen LogP) is 2.75. The Morgan fingerprint density at radius 2 is 2.05 bits per heavy atom. The molecule has 0 saturated carbocycles. The summed E-state index contributed by atoms with van der Waals surface area (Å²) in [5.41, 5.74) is 2.95. The zero-order valence-corrected chi connectivity index (χ0v) is 11.4. The van der Waals surface area contributed by atoms with Crippen molar-refractivity contribution in [1.29, 1.82) is 0 Å². The van der Waals surface area contributed by atoms with Crippen molar-refractivity contribution in [2.45, 2.75) is 13.8 Å². The number of furan rings is 1. The number of ether oxygens (including phenoxy) is 1. The van der Waals surface area contributed by atoms with Crippen LogP contribution >= 0.6 is 0 Å². The summed E-state index contributed by atoms with van der Waals surface area (Å²) in [5, 5.41) is 3.84. The molecule has 1 aromatic carbocycles. The molecule has 0 fully saturated rings. The minimum absolute atomic E-state index is 0.285. The third kappa shape index (κ3) is 3.71. The molecule has 0 saturated heterocycles. The Kier molecular flexibility index (Phi) is 4.55. The van der Waals surface area contributed by atoms with Crippen molar-refractivity contribution < 1.29 is 13.9 Å². The first-order valence-electron chi connectivity index (χ1n) is 6.31. The Labute approximate surface area is 117 Å². The first-order chi connectivity index (χ1) is 9.69. The minimum atomic E-state index is -0.285. The summed E-state index contributed by atoms with van der Waals surface area (Å²) in [6.45, 7) is 4.35. The van der Waals surface area contributed by atoms with E-state index in [1.165, 1.54) is 6.21 Å². The van der Waals surface area contributed by atoms with Crippen LogP contribution in [-0.2, 0) is 0 Å². The molecular formula is C15H16N2O3. The number of aryl methyl sites for hydroxylation is 1. The summed E-state index contributed by atoms with van der Waals surface area (Å²) in [7, 11) is 0. The number of carbonyl (C=O) groups is 1. The number of hydrazone groups is 1. The van der Waals surface area contributed by atoms with Gasteiger partial charge in [0.2, 0.25) is 0 Å². The fraction of sp³-hybridized carbons (Fsp3) is 0.200. The third-order valence-corrected chi connectivity index (χ3v) is 2.55. The molecule has 0 aliphatic rings. The summed E-state index contributed by atoms with van der Waals surface area (Å²) in [6, 6.07) is 10.5. The van der Waals surface area contributed by atoms with Crippen LogP contribution in [0.15, 0.2) is 45.9 Å². The molecule has 0 spiro atoms. The molecule has 1 aromatic heterocycles. The average Bonchev–Trinajstić information content (AvgIpc) is 2.85. The van der Waals surface area contributed by atoms with Crippen LogP contribution in [0.25, 0.3) is 0 Å². The molecule has 20 heavy (non-hydrogen) atoms. The van der Waals surface area contributed by atoms with Crippen LogP contribution in [-0.4, -0.2) is 18.7 Å². The van der Waals surface area contributed by atoms with Gasteiger partial charge in [0.25, 0.3) is 5.91 Å². The maximum Gasteiger partial charge on any atom is 0.271 e. The number of hydrogen-bond acceptors (Lipinski definition) is 4. The molecule has 2 aromatic rings. The summed E-state index contributed by atoms with van der Waals surface area (Å²) in [5.74, 6) is 1.84. The number of rotatable bonds is 5. The normalized spacial score (nSPS) is 10.7.